The monoisotopic (exact) mass is 387 g/mol. The molecule has 0 aliphatic rings. The summed E-state index contributed by atoms with van der Waals surface area (Å²) in [5.41, 5.74) is 1.44. The van der Waals surface area contributed by atoms with Crippen molar-refractivity contribution in [3.05, 3.63) is 74.6 Å². The number of hydrogen-bond acceptors (Lipinski definition) is 4. The largest absolute Gasteiger partial charge is 0.485 e. The zero-order valence-electron chi connectivity index (χ0n) is 14.5. The van der Waals surface area contributed by atoms with Crippen molar-refractivity contribution < 1.29 is 13.5 Å². The second kappa shape index (κ2) is 7.48. The van der Waals surface area contributed by atoms with Gasteiger partial charge in [-0.3, -0.25) is 19.3 Å². The molecule has 0 bridgehead atoms. The van der Waals surface area contributed by atoms with Crippen molar-refractivity contribution in [3.8, 4) is 11.4 Å². The first-order chi connectivity index (χ1) is 12.8. The Morgan fingerprint density at radius 2 is 1.93 bits per heavy atom. The maximum absolute atomic E-state index is 13.7. The van der Waals surface area contributed by atoms with Crippen molar-refractivity contribution in [2.75, 3.05) is 0 Å². The van der Waals surface area contributed by atoms with Gasteiger partial charge in [0.05, 0.1) is 11.9 Å². The van der Waals surface area contributed by atoms with E-state index in [2.05, 4.69) is 9.97 Å². The third-order valence-corrected chi connectivity index (χ3v) is 4.23. The summed E-state index contributed by atoms with van der Waals surface area (Å²) in [6.07, 6.45) is 2.43. The van der Waals surface area contributed by atoms with E-state index in [4.69, 9.17) is 24.2 Å². The minimum Gasteiger partial charge on any atom is -0.485 e. The van der Waals surface area contributed by atoms with Gasteiger partial charge in [-0.2, -0.15) is 0 Å². The Bertz CT molecular complexity index is 1090. The molecule has 3 aromatic rings. The van der Waals surface area contributed by atoms with Crippen molar-refractivity contribution in [2.24, 2.45) is 0 Å². The first-order valence-corrected chi connectivity index (χ1v) is 8.23. The first-order valence-electron chi connectivity index (χ1n) is 7.85. The fourth-order valence-corrected chi connectivity index (χ4v) is 2.74. The predicted octanol–water partition coefficient (Wildman–Crippen LogP) is 2.55. The van der Waals surface area contributed by atoms with Crippen molar-refractivity contribution in [1.82, 2.24) is 14.5 Å². The molecule has 0 spiro atoms. The van der Waals surface area contributed by atoms with Crippen LogP contribution in [0, 0.1) is 25.5 Å². The summed E-state index contributed by atoms with van der Waals surface area (Å²) in [5, 5.41) is -0.182. The van der Waals surface area contributed by atoms with Crippen molar-refractivity contribution in [1.29, 1.82) is 0 Å². The molecular weight excluding hydrogens is 374 g/mol. The van der Waals surface area contributed by atoms with Gasteiger partial charge in [-0.15, -0.1) is 0 Å². The summed E-state index contributed by atoms with van der Waals surface area (Å²) >= 11 is 6.16. The van der Waals surface area contributed by atoms with Gasteiger partial charge < -0.3 is 4.74 Å². The topological polar surface area (TPSA) is 57.0 Å². The molecule has 0 atom stereocenters. The van der Waals surface area contributed by atoms with Crippen LogP contribution in [0.5, 0.6) is 5.75 Å². The summed E-state index contributed by atoms with van der Waals surface area (Å²) in [7, 11) is 5.72. The van der Waals surface area contributed by atoms with Crippen LogP contribution in [0.15, 0.2) is 35.4 Å². The Kier molecular flexibility index (Phi) is 5.27. The molecular formula is C18H13BClF2N3O2. The number of pyridine rings is 3. The fourth-order valence-electron chi connectivity index (χ4n) is 2.55. The van der Waals surface area contributed by atoms with Gasteiger partial charge in [-0.25, -0.2) is 8.78 Å². The Balaban J connectivity index is 1.98. The van der Waals surface area contributed by atoms with Gasteiger partial charge in [0.2, 0.25) is 0 Å². The van der Waals surface area contributed by atoms with Gasteiger partial charge in [-0.1, -0.05) is 11.6 Å². The van der Waals surface area contributed by atoms with Crippen LogP contribution < -0.4 is 15.9 Å². The summed E-state index contributed by atoms with van der Waals surface area (Å²) in [5.74, 6) is -1.57. The predicted molar refractivity (Wildman–Crippen MR) is 98.2 cm³/mol. The lowest BCUT2D eigenvalue weighted by Gasteiger charge is -2.16. The van der Waals surface area contributed by atoms with Gasteiger partial charge in [0, 0.05) is 24.0 Å². The van der Waals surface area contributed by atoms with E-state index >= 15 is 0 Å². The molecule has 0 saturated heterocycles. The van der Waals surface area contributed by atoms with Crippen LogP contribution >= 0.6 is 11.6 Å². The summed E-state index contributed by atoms with van der Waals surface area (Å²) in [6.45, 7) is 3.17. The van der Waals surface area contributed by atoms with Crippen LogP contribution in [0.25, 0.3) is 5.69 Å². The number of hydrogen-bond donors (Lipinski definition) is 0. The lowest BCUT2D eigenvalue weighted by molar-refractivity contribution is 0.292. The molecule has 0 aliphatic heterocycles. The number of halogens is 3. The van der Waals surface area contributed by atoms with Crippen LogP contribution in [-0.2, 0) is 6.61 Å². The molecule has 27 heavy (non-hydrogen) atoms. The minimum absolute atomic E-state index is 0.0700. The second-order valence-electron chi connectivity index (χ2n) is 5.87. The zero-order chi connectivity index (χ0) is 19.7. The van der Waals surface area contributed by atoms with Gasteiger partial charge in [0.1, 0.15) is 36.7 Å². The molecule has 0 saturated carbocycles. The summed E-state index contributed by atoms with van der Waals surface area (Å²) in [6, 6.07) is 3.81. The number of aromatic nitrogens is 3. The quantitative estimate of drug-likeness (QED) is 0.646. The molecule has 9 heteroatoms. The van der Waals surface area contributed by atoms with E-state index in [9.17, 15) is 13.6 Å². The zero-order valence-corrected chi connectivity index (χ0v) is 15.2. The van der Waals surface area contributed by atoms with E-state index in [0.29, 0.717) is 17.4 Å². The lowest BCUT2D eigenvalue weighted by Crippen LogP contribution is -2.24. The van der Waals surface area contributed by atoms with Crippen molar-refractivity contribution in [3.63, 3.8) is 0 Å². The van der Waals surface area contributed by atoms with Crippen LogP contribution in [0.4, 0.5) is 8.78 Å². The molecule has 3 rings (SSSR count). The third kappa shape index (κ3) is 3.85. The second-order valence-corrected chi connectivity index (χ2v) is 6.25. The standard InChI is InChI=1S/C18H13BClF2N3O2/c1-9-6-24-16(19)5-14(9)25-10(2)3-15(17(20)18(25)26)27-8-13-12(22)4-11(21)7-23-13/h3-7H,8H2,1-2H3. The number of nitrogens with zero attached hydrogens (tertiary/aromatic N) is 3. The fraction of sp³-hybridized carbons (Fsp3) is 0.167. The van der Waals surface area contributed by atoms with Crippen LogP contribution in [-0.4, -0.2) is 22.4 Å². The van der Waals surface area contributed by atoms with E-state index < -0.39 is 17.2 Å². The third-order valence-electron chi connectivity index (χ3n) is 3.89. The Labute approximate surface area is 160 Å². The maximum atomic E-state index is 13.7. The SMILES string of the molecule is [B]c1cc(-n2c(C)cc(OCc3ncc(F)cc3F)c(Cl)c2=O)c(C)cn1. The molecule has 0 fully saturated rings. The number of ether oxygens (including phenoxy) is 1. The lowest BCUT2D eigenvalue weighted by atomic mass is 10.0. The van der Waals surface area contributed by atoms with E-state index in [0.717, 1.165) is 11.8 Å². The molecule has 3 aromatic heterocycles. The molecule has 3 heterocycles. The highest BCUT2D eigenvalue weighted by Crippen LogP contribution is 2.25. The molecule has 5 nitrogen and oxygen atoms in total. The Hall–Kier alpha value is -2.74. The average molecular weight is 388 g/mol. The highest BCUT2D eigenvalue weighted by Gasteiger charge is 2.16. The molecule has 0 aromatic carbocycles. The Morgan fingerprint density at radius 3 is 2.63 bits per heavy atom. The van der Waals surface area contributed by atoms with Crippen molar-refractivity contribution >= 4 is 25.0 Å². The van der Waals surface area contributed by atoms with Crippen LogP contribution in [0.3, 0.4) is 0 Å². The van der Waals surface area contributed by atoms with Crippen LogP contribution in [0.1, 0.15) is 17.0 Å². The number of rotatable bonds is 4. The van der Waals surface area contributed by atoms with E-state index in [1.165, 1.54) is 4.57 Å². The summed E-state index contributed by atoms with van der Waals surface area (Å²) in [4.78, 5) is 20.4. The maximum Gasteiger partial charge on any atom is 0.277 e. The smallest absolute Gasteiger partial charge is 0.277 e. The first kappa shape index (κ1) is 19.0. The normalized spacial score (nSPS) is 10.9. The molecule has 0 amide bonds. The highest BCUT2D eigenvalue weighted by atomic mass is 35.5. The molecule has 0 N–H and O–H groups in total. The molecule has 136 valence electrons. The molecule has 2 radical (unpaired) electrons. The molecule has 0 unspecified atom stereocenters. The van der Waals surface area contributed by atoms with Gasteiger partial charge in [0.25, 0.3) is 5.56 Å². The van der Waals surface area contributed by atoms with Gasteiger partial charge >= 0.3 is 0 Å². The van der Waals surface area contributed by atoms with Crippen LogP contribution in [0.2, 0.25) is 5.02 Å². The Morgan fingerprint density at radius 1 is 1.19 bits per heavy atom. The highest BCUT2D eigenvalue weighted by molar-refractivity contribution is 6.32. The van der Waals surface area contributed by atoms with Gasteiger partial charge in [0.15, 0.2) is 5.82 Å². The number of aryl methyl sites for hydroxylation is 2. The van der Waals surface area contributed by atoms with Gasteiger partial charge in [-0.05, 0) is 31.1 Å². The molecule has 0 aliphatic carbocycles. The van der Waals surface area contributed by atoms with E-state index in [1.54, 1.807) is 32.2 Å². The van der Waals surface area contributed by atoms with E-state index in [-0.39, 0.29) is 28.7 Å². The van der Waals surface area contributed by atoms with E-state index in [1.807, 2.05) is 0 Å². The summed E-state index contributed by atoms with van der Waals surface area (Å²) < 4.78 is 33.4. The average Bonchev–Trinajstić information content (AvgIpc) is 2.61. The minimum atomic E-state index is -0.848. The van der Waals surface area contributed by atoms with Crippen molar-refractivity contribution in [2.45, 2.75) is 20.5 Å².